The zero-order valence-corrected chi connectivity index (χ0v) is 18.9. The van der Waals surface area contributed by atoms with Gasteiger partial charge < -0.3 is 15.0 Å². The summed E-state index contributed by atoms with van der Waals surface area (Å²) in [5, 5.41) is 4.87. The Balaban J connectivity index is 1.35. The van der Waals surface area contributed by atoms with E-state index in [1.54, 1.807) is 0 Å². The van der Waals surface area contributed by atoms with E-state index in [-0.39, 0.29) is 17.7 Å². The van der Waals surface area contributed by atoms with Gasteiger partial charge >= 0.3 is 0 Å². The largest absolute Gasteiger partial charge is 0.492 e. The lowest BCUT2D eigenvalue weighted by Gasteiger charge is -2.32. The van der Waals surface area contributed by atoms with Crippen molar-refractivity contribution in [2.24, 2.45) is 0 Å². The van der Waals surface area contributed by atoms with E-state index >= 15 is 0 Å². The van der Waals surface area contributed by atoms with Crippen molar-refractivity contribution in [3.63, 3.8) is 0 Å². The topological polar surface area (TPSA) is 71.5 Å². The van der Waals surface area contributed by atoms with Crippen LogP contribution in [0.2, 0.25) is 0 Å². The Morgan fingerprint density at radius 3 is 2.59 bits per heavy atom. The number of ether oxygens (including phenoxy) is 1. The van der Waals surface area contributed by atoms with E-state index in [0.717, 1.165) is 34.9 Å². The molecule has 7 heteroatoms. The van der Waals surface area contributed by atoms with Crippen molar-refractivity contribution >= 4 is 23.2 Å². The Bertz CT molecular complexity index is 1050. The average molecular weight is 450 g/mol. The third-order valence-electron chi connectivity index (χ3n) is 5.61. The molecule has 1 aliphatic rings. The van der Waals surface area contributed by atoms with Gasteiger partial charge in [-0.1, -0.05) is 24.3 Å². The highest BCUT2D eigenvalue weighted by Crippen LogP contribution is 2.30. The number of nitrogens with one attached hydrogen (secondary N) is 1. The zero-order valence-electron chi connectivity index (χ0n) is 18.1. The Hall–Kier alpha value is -3.19. The lowest BCUT2D eigenvalue weighted by Crippen LogP contribution is -2.38. The molecule has 166 valence electrons. The van der Waals surface area contributed by atoms with Gasteiger partial charge in [-0.25, -0.2) is 0 Å². The minimum atomic E-state index is -0.138. The highest BCUT2D eigenvalue weighted by atomic mass is 32.1. The number of likely N-dealkylation sites (tertiary alicyclic amines) is 1. The van der Waals surface area contributed by atoms with Gasteiger partial charge in [0.15, 0.2) is 0 Å². The molecule has 3 heterocycles. The number of nitrogens with zero attached hydrogens (tertiary/aromatic N) is 2. The van der Waals surface area contributed by atoms with Crippen molar-refractivity contribution < 1.29 is 14.3 Å². The highest BCUT2D eigenvalue weighted by molar-refractivity contribution is 7.12. The van der Waals surface area contributed by atoms with Crippen molar-refractivity contribution in [2.45, 2.75) is 25.7 Å². The molecular formula is C25H27N3O3S. The standard InChI is InChI=1S/C25H27N3O3S/c1-18-9-10-21(24(29)26-13-16-31-20-6-3-2-4-7-20)23(27-18)19-11-14-28(15-12-19)25(30)22-8-5-17-32-22/h2-10,17,19H,11-16H2,1H3,(H,26,29). The van der Waals surface area contributed by atoms with Gasteiger partial charge in [0, 0.05) is 24.7 Å². The summed E-state index contributed by atoms with van der Waals surface area (Å²) in [6.07, 6.45) is 1.59. The molecule has 1 N–H and O–H groups in total. The third-order valence-corrected chi connectivity index (χ3v) is 6.47. The maximum atomic E-state index is 12.9. The summed E-state index contributed by atoms with van der Waals surface area (Å²) in [6, 6.07) is 17.0. The SMILES string of the molecule is Cc1ccc(C(=O)NCCOc2ccccc2)c(C2CCN(C(=O)c3cccs3)CC2)n1. The van der Waals surface area contributed by atoms with Crippen LogP contribution in [-0.4, -0.2) is 47.9 Å². The van der Waals surface area contributed by atoms with E-state index < -0.39 is 0 Å². The van der Waals surface area contributed by atoms with Gasteiger partial charge in [-0.05, 0) is 55.5 Å². The fraction of sp³-hybridized carbons (Fsp3) is 0.320. The number of carbonyl (C=O) groups excluding carboxylic acids is 2. The minimum Gasteiger partial charge on any atom is -0.492 e. The molecule has 3 aromatic rings. The summed E-state index contributed by atoms with van der Waals surface area (Å²) in [4.78, 5) is 32.9. The lowest BCUT2D eigenvalue weighted by atomic mass is 9.89. The molecule has 0 radical (unpaired) electrons. The monoisotopic (exact) mass is 449 g/mol. The quantitative estimate of drug-likeness (QED) is 0.547. The van der Waals surface area contributed by atoms with Gasteiger partial charge in [0.05, 0.1) is 22.7 Å². The molecule has 6 nitrogen and oxygen atoms in total. The predicted octanol–water partition coefficient (Wildman–Crippen LogP) is 4.28. The molecule has 0 aliphatic carbocycles. The van der Waals surface area contributed by atoms with Crippen LogP contribution in [0, 0.1) is 6.92 Å². The summed E-state index contributed by atoms with van der Waals surface area (Å²) < 4.78 is 5.66. The molecule has 2 amide bonds. The van der Waals surface area contributed by atoms with Crippen molar-refractivity contribution in [3.8, 4) is 5.75 Å². The number of piperidine rings is 1. The third kappa shape index (κ3) is 5.34. The maximum absolute atomic E-state index is 12.9. The summed E-state index contributed by atoms with van der Waals surface area (Å²) in [7, 11) is 0. The van der Waals surface area contributed by atoms with Crippen molar-refractivity contribution in [3.05, 3.63) is 81.8 Å². The Labute approximate surface area is 192 Å². The first-order valence-electron chi connectivity index (χ1n) is 10.9. The Kier molecular flexibility index (Phi) is 7.17. The Morgan fingerprint density at radius 2 is 1.88 bits per heavy atom. The van der Waals surface area contributed by atoms with Gasteiger partial charge in [-0.15, -0.1) is 11.3 Å². The molecule has 1 aromatic carbocycles. The molecular weight excluding hydrogens is 422 g/mol. The van der Waals surface area contributed by atoms with E-state index in [1.165, 1.54) is 11.3 Å². The molecule has 1 fully saturated rings. The van der Waals surface area contributed by atoms with Gasteiger partial charge in [0.25, 0.3) is 11.8 Å². The molecule has 0 bridgehead atoms. The molecule has 4 rings (SSSR count). The van der Waals surface area contributed by atoms with Gasteiger partial charge in [-0.2, -0.15) is 0 Å². The van der Waals surface area contributed by atoms with Crippen molar-refractivity contribution in [2.75, 3.05) is 26.2 Å². The first-order chi connectivity index (χ1) is 15.6. The van der Waals surface area contributed by atoms with Crippen molar-refractivity contribution in [1.82, 2.24) is 15.2 Å². The number of rotatable bonds is 7. The second kappa shape index (κ2) is 10.4. The predicted molar refractivity (Wildman–Crippen MR) is 125 cm³/mol. The van der Waals surface area contributed by atoms with E-state index in [9.17, 15) is 9.59 Å². The van der Waals surface area contributed by atoms with Crippen molar-refractivity contribution in [1.29, 1.82) is 0 Å². The summed E-state index contributed by atoms with van der Waals surface area (Å²) in [5.41, 5.74) is 2.33. The molecule has 0 spiro atoms. The number of aromatic nitrogens is 1. The molecule has 0 saturated carbocycles. The normalized spacial score (nSPS) is 14.2. The summed E-state index contributed by atoms with van der Waals surface area (Å²) in [6.45, 7) is 4.09. The van der Waals surface area contributed by atoms with Crippen LogP contribution in [0.1, 0.15) is 50.2 Å². The maximum Gasteiger partial charge on any atom is 0.263 e. The molecule has 1 saturated heterocycles. The average Bonchev–Trinajstić information content (AvgIpc) is 3.37. The number of thiophene rings is 1. The number of pyridine rings is 1. The molecule has 32 heavy (non-hydrogen) atoms. The van der Waals surface area contributed by atoms with Crippen LogP contribution in [0.5, 0.6) is 5.75 Å². The second-order valence-electron chi connectivity index (χ2n) is 7.85. The van der Waals surface area contributed by atoms with E-state index in [0.29, 0.717) is 31.8 Å². The van der Waals surface area contributed by atoms with Gasteiger partial charge in [0.2, 0.25) is 0 Å². The highest BCUT2D eigenvalue weighted by Gasteiger charge is 2.28. The van der Waals surface area contributed by atoms with E-state index in [2.05, 4.69) is 5.32 Å². The number of para-hydroxylation sites is 1. The van der Waals surface area contributed by atoms with Gasteiger partial charge in [0.1, 0.15) is 12.4 Å². The number of aryl methyl sites for hydroxylation is 1. The van der Waals surface area contributed by atoms with E-state index in [4.69, 9.17) is 9.72 Å². The number of hydrogen-bond acceptors (Lipinski definition) is 5. The van der Waals surface area contributed by atoms with Crippen LogP contribution in [0.3, 0.4) is 0 Å². The molecule has 2 aromatic heterocycles. The van der Waals surface area contributed by atoms with Crippen LogP contribution in [0.25, 0.3) is 0 Å². The second-order valence-corrected chi connectivity index (χ2v) is 8.79. The fourth-order valence-corrected chi connectivity index (χ4v) is 4.63. The smallest absolute Gasteiger partial charge is 0.263 e. The van der Waals surface area contributed by atoms with E-state index in [1.807, 2.05) is 71.8 Å². The fourth-order valence-electron chi connectivity index (χ4n) is 3.94. The number of hydrogen-bond donors (Lipinski definition) is 1. The number of carbonyl (C=O) groups is 2. The van der Waals surface area contributed by atoms with Crippen LogP contribution in [0.15, 0.2) is 60.0 Å². The first-order valence-corrected chi connectivity index (χ1v) is 11.8. The number of amides is 2. The summed E-state index contributed by atoms with van der Waals surface area (Å²) >= 11 is 1.47. The first kappa shape index (κ1) is 22.0. The Morgan fingerprint density at radius 1 is 1.09 bits per heavy atom. The zero-order chi connectivity index (χ0) is 22.3. The number of benzene rings is 1. The minimum absolute atomic E-state index is 0.0898. The molecule has 0 unspecified atom stereocenters. The van der Waals surface area contributed by atoms with Gasteiger partial charge in [-0.3, -0.25) is 14.6 Å². The van der Waals surface area contributed by atoms with Crippen LogP contribution in [-0.2, 0) is 0 Å². The van der Waals surface area contributed by atoms with Crippen LogP contribution < -0.4 is 10.1 Å². The lowest BCUT2D eigenvalue weighted by molar-refractivity contribution is 0.0715. The van der Waals surface area contributed by atoms with Crippen LogP contribution >= 0.6 is 11.3 Å². The van der Waals surface area contributed by atoms with Crippen LogP contribution in [0.4, 0.5) is 0 Å². The molecule has 1 aliphatic heterocycles. The summed E-state index contributed by atoms with van der Waals surface area (Å²) in [5.74, 6) is 0.889. The molecule has 0 atom stereocenters.